The lowest BCUT2D eigenvalue weighted by Crippen LogP contribution is -2.45. The number of hydrogen-bond donors (Lipinski definition) is 3. The highest BCUT2D eigenvalue weighted by molar-refractivity contribution is 5.90. The van der Waals surface area contributed by atoms with Crippen molar-refractivity contribution in [3.05, 3.63) is 35.4 Å². The van der Waals surface area contributed by atoms with Gasteiger partial charge in [-0.3, -0.25) is 4.79 Å². The molecule has 0 saturated heterocycles. The van der Waals surface area contributed by atoms with Crippen molar-refractivity contribution in [2.24, 2.45) is 11.5 Å². The van der Waals surface area contributed by atoms with E-state index in [4.69, 9.17) is 11.5 Å². The molecule has 0 unspecified atom stereocenters. The fourth-order valence-corrected chi connectivity index (χ4v) is 1.60. The first-order valence-corrected chi connectivity index (χ1v) is 5.97. The van der Waals surface area contributed by atoms with Gasteiger partial charge in [-0.25, -0.2) is 4.79 Å². The SMILES string of the molecule is COC(=O)c1cccc(CC(=O)NC(CN)CN)c1. The Kier molecular flexibility index (Phi) is 5.98. The second-order valence-electron chi connectivity index (χ2n) is 4.10. The molecule has 0 aliphatic heterocycles. The summed E-state index contributed by atoms with van der Waals surface area (Å²) in [5, 5.41) is 2.72. The van der Waals surface area contributed by atoms with Gasteiger partial charge >= 0.3 is 5.97 Å². The summed E-state index contributed by atoms with van der Waals surface area (Å²) in [6.07, 6.45) is 0.168. The minimum Gasteiger partial charge on any atom is -0.465 e. The smallest absolute Gasteiger partial charge is 0.337 e. The van der Waals surface area contributed by atoms with Gasteiger partial charge in [0.1, 0.15) is 0 Å². The van der Waals surface area contributed by atoms with Crippen LogP contribution in [0.4, 0.5) is 0 Å². The van der Waals surface area contributed by atoms with Crippen molar-refractivity contribution in [3.8, 4) is 0 Å². The zero-order valence-corrected chi connectivity index (χ0v) is 10.9. The van der Waals surface area contributed by atoms with Crippen LogP contribution in [-0.2, 0) is 16.0 Å². The average molecular weight is 265 g/mol. The van der Waals surface area contributed by atoms with E-state index in [9.17, 15) is 9.59 Å². The average Bonchev–Trinajstić information content (AvgIpc) is 2.44. The van der Waals surface area contributed by atoms with Crippen molar-refractivity contribution in [2.45, 2.75) is 12.5 Å². The second kappa shape index (κ2) is 7.50. The van der Waals surface area contributed by atoms with Crippen LogP contribution in [0.25, 0.3) is 0 Å². The number of esters is 1. The molecule has 0 aliphatic rings. The predicted molar refractivity (Wildman–Crippen MR) is 71.5 cm³/mol. The molecule has 0 atom stereocenters. The first-order valence-electron chi connectivity index (χ1n) is 5.97. The van der Waals surface area contributed by atoms with Gasteiger partial charge in [0.15, 0.2) is 0 Å². The highest BCUT2D eigenvalue weighted by atomic mass is 16.5. The van der Waals surface area contributed by atoms with Crippen LogP contribution in [0.3, 0.4) is 0 Å². The molecular weight excluding hydrogens is 246 g/mol. The largest absolute Gasteiger partial charge is 0.465 e. The maximum absolute atomic E-state index is 11.8. The summed E-state index contributed by atoms with van der Waals surface area (Å²) in [4.78, 5) is 23.1. The topological polar surface area (TPSA) is 107 Å². The van der Waals surface area contributed by atoms with Gasteiger partial charge in [0.05, 0.1) is 25.1 Å². The molecule has 0 fully saturated rings. The Morgan fingerprint density at radius 2 is 2.00 bits per heavy atom. The quantitative estimate of drug-likeness (QED) is 0.596. The van der Waals surface area contributed by atoms with Gasteiger partial charge < -0.3 is 21.5 Å². The molecule has 6 nitrogen and oxygen atoms in total. The lowest BCUT2D eigenvalue weighted by molar-refractivity contribution is -0.121. The molecule has 0 spiro atoms. The number of carbonyl (C=O) groups is 2. The molecule has 1 rings (SSSR count). The molecule has 1 aromatic rings. The van der Waals surface area contributed by atoms with Crippen LogP contribution in [0.2, 0.25) is 0 Å². The number of hydrogen-bond acceptors (Lipinski definition) is 5. The molecule has 0 bridgehead atoms. The number of benzene rings is 1. The maximum atomic E-state index is 11.8. The third-order valence-corrected chi connectivity index (χ3v) is 2.65. The molecule has 0 aliphatic carbocycles. The molecule has 0 heterocycles. The molecular formula is C13H19N3O3. The van der Waals surface area contributed by atoms with Gasteiger partial charge in [-0.1, -0.05) is 12.1 Å². The predicted octanol–water partition coefficient (Wildman–Crippen LogP) is -0.582. The lowest BCUT2D eigenvalue weighted by atomic mass is 10.1. The van der Waals surface area contributed by atoms with Crippen molar-refractivity contribution >= 4 is 11.9 Å². The van der Waals surface area contributed by atoms with Crippen LogP contribution in [0.15, 0.2) is 24.3 Å². The van der Waals surface area contributed by atoms with E-state index in [2.05, 4.69) is 10.1 Å². The van der Waals surface area contributed by atoms with Crippen LogP contribution >= 0.6 is 0 Å². The summed E-state index contributed by atoms with van der Waals surface area (Å²) in [6.45, 7) is 0.592. The summed E-state index contributed by atoms with van der Waals surface area (Å²) >= 11 is 0. The summed E-state index contributed by atoms with van der Waals surface area (Å²) in [5.41, 5.74) is 12.1. The van der Waals surface area contributed by atoms with Crippen LogP contribution < -0.4 is 16.8 Å². The van der Waals surface area contributed by atoms with Gasteiger partial charge in [-0.2, -0.15) is 0 Å². The highest BCUT2D eigenvalue weighted by Gasteiger charge is 2.11. The molecule has 5 N–H and O–H groups in total. The van der Waals surface area contributed by atoms with Crippen LogP contribution in [0, 0.1) is 0 Å². The molecule has 6 heteroatoms. The number of carbonyl (C=O) groups excluding carboxylic acids is 2. The van der Waals surface area contributed by atoms with E-state index in [1.807, 2.05) is 0 Å². The van der Waals surface area contributed by atoms with Crippen molar-refractivity contribution in [3.63, 3.8) is 0 Å². The number of methoxy groups -OCH3 is 1. The fraction of sp³-hybridized carbons (Fsp3) is 0.385. The minimum absolute atomic E-state index is 0.168. The van der Waals surface area contributed by atoms with Gasteiger partial charge in [0, 0.05) is 13.1 Å². The molecule has 0 aromatic heterocycles. The normalized spacial score (nSPS) is 10.3. The van der Waals surface area contributed by atoms with E-state index >= 15 is 0 Å². The van der Waals surface area contributed by atoms with E-state index in [0.717, 1.165) is 5.56 Å². The molecule has 0 saturated carbocycles. The van der Waals surface area contributed by atoms with Crippen molar-refractivity contribution < 1.29 is 14.3 Å². The highest BCUT2D eigenvalue weighted by Crippen LogP contribution is 2.07. The summed E-state index contributed by atoms with van der Waals surface area (Å²) in [5.74, 6) is -0.605. The molecule has 19 heavy (non-hydrogen) atoms. The maximum Gasteiger partial charge on any atom is 0.337 e. The van der Waals surface area contributed by atoms with Crippen LogP contribution in [0.1, 0.15) is 15.9 Å². The molecule has 104 valence electrons. The van der Waals surface area contributed by atoms with Crippen molar-refractivity contribution in [1.82, 2.24) is 5.32 Å². The van der Waals surface area contributed by atoms with E-state index < -0.39 is 5.97 Å². The van der Waals surface area contributed by atoms with Crippen LogP contribution in [-0.4, -0.2) is 38.1 Å². The molecule has 1 aromatic carbocycles. The van der Waals surface area contributed by atoms with Gasteiger partial charge in [0.25, 0.3) is 0 Å². The Morgan fingerprint density at radius 3 is 2.58 bits per heavy atom. The summed E-state index contributed by atoms with van der Waals surface area (Å²) in [7, 11) is 1.31. The second-order valence-corrected chi connectivity index (χ2v) is 4.10. The van der Waals surface area contributed by atoms with Gasteiger partial charge in [0.2, 0.25) is 5.91 Å². The van der Waals surface area contributed by atoms with E-state index in [-0.39, 0.29) is 18.4 Å². The van der Waals surface area contributed by atoms with Crippen LogP contribution in [0.5, 0.6) is 0 Å². The van der Waals surface area contributed by atoms with Gasteiger partial charge in [-0.05, 0) is 17.7 Å². The molecule has 1 amide bonds. The zero-order valence-electron chi connectivity index (χ0n) is 10.9. The minimum atomic E-state index is -0.427. The Hall–Kier alpha value is -1.92. The van der Waals surface area contributed by atoms with Gasteiger partial charge in [-0.15, -0.1) is 0 Å². The lowest BCUT2D eigenvalue weighted by Gasteiger charge is -2.14. The number of amides is 1. The number of nitrogens with two attached hydrogens (primary N) is 2. The van der Waals surface area contributed by atoms with Crippen molar-refractivity contribution in [2.75, 3.05) is 20.2 Å². The Labute approximate surface area is 112 Å². The number of rotatable bonds is 6. The third kappa shape index (κ3) is 4.69. The van der Waals surface area contributed by atoms with E-state index in [1.165, 1.54) is 7.11 Å². The Bertz CT molecular complexity index is 445. The number of ether oxygens (including phenoxy) is 1. The summed E-state index contributed by atoms with van der Waals surface area (Å²) < 4.78 is 4.62. The first-order chi connectivity index (χ1) is 9.10. The third-order valence-electron chi connectivity index (χ3n) is 2.65. The first kappa shape index (κ1) is 15.1. The van der Waals surface area contributed by atoms with E-state index in [0.29, 0.717) is 18.7 Å². The van der Waals surface area contributed by atoms with Crippen molar-refractivity contribution in [1.29, 1.82) is 0 Å². The number of nitrogens with one attached hydrogen (secondary N) is 1. The Morgan fingerprint density at radius 1 is 1.32 bits per heavy atom. The Balaban J connectivity index is 2.66. The standard InChI is InChI=1S/C13H19N3O3/c1-19-13(18)10-4-2-3-9(5-10)6-12(17)16-11(7-14)8-15/h2-5,11H,6-8,14-15H2,1H3,(H,16,17). The van der Waals surface area contributed by atoms with E-state index in [1.54, 1.807) is 24.3 Å². The summed E-state index contributed by atoms with van der Waals surface area (Å²) in [6, 6.07) is 6.52. The fourth-order valence-electron chi connectivity index (χ4n) is 1.60. The monoisotopic (exact) mass is 265 g/mol. The zero-order chi connectivity index (χ0) is 14.3. The molecule has 0 radical (unpaired) electrons.